The molecule has 0 bridgehead atoms. The Kier molecular flexibility index (Phi) is 4.20. The normalized spacial score (nSPS) is 10.5. The number of carbonyl (C=O) groups excluding carboxylic acids is 1. The Labute approximate surface area is 146 Å². The summed E-state index contributed by atoms with van der Waals surface area (Å²) in [5, 5.41) is 0.604. The lowest BCUT2D eigenvalue weighted by Gasteiger charge is -2.14. The van der Waals surface area contributed by atoms with Gasteiger partial charge in [-0.3, -0.25) is 0 Å². The topological polar surface area (TPSA) is 42.7 Å². The van der Waals surface area contributed by atoms with Crippen LogP contribution in [0.2, 0.25) is 0 Å². The molecule has 0 aliphatic heterocycles. The second-order valence-corrected chi connectivity index (χ2v) is 6.19. The Hall–Kier alpha value is -2.52. The van der Waals surface area contributed by atoms with Gasteiger partial charge in [0.25, 0.3) is 0 Å². The summed E-state index contributed by atoms with van der Waals surface area (Å²) < 4.78 is 24.7. The maximum Gasteiger partial charge on any atom is 0.342 e. The number of nitrogens with zero attached hydrogens (tertiary/aromatic N) is 1. The fraction of sp³-hybridized carbons (Fsp3) is 0.167. The molecular weight excluding hydrogens is 377 g/mol. The first kappa shape index (κ1) is 16.3. The first-order chi connectivity index (χ1) is 11.4. The molecule has 1 aromatic heterocycles. The molecule has 1 heterocycles. The van der Waals surface area contributed by atoms with Gasteiger partial charge >= 0.3 is 5.97 Å². The van der Waals surface area contributed by atoms with Crippen LogP contribution in [0.1, 0.15) is 10.4 Å². The van der Waals surface area contributed by atoms with Gasteiger partial charge in [0.2, 0.25) is 0 Å². The van der Waals surface area contributed by atoms with Gasteiger partial charge in [-0.1, -0.05) is 6.07 Å². The van der Waals surface area contributed by atoms with Gasteiger partial charge in [-0.05, 0) is 40.2 Å². The van der Waals surface area contributed by atoms with Gasteiger partial charge in [0.05, 0.1) is 18.4 Å². The number of rotatable bonds is 3. The van der Waals surface area contributed by atoms with E-state index in [1.807, 2.05) is 25.1 Å². The van der Waals surface area contributed by atoms with Crippen LogP contribution in [0.15, 0.2) is 33.2 Å². The first-order valence-electron chi connectivity index (χ1n) is 7.04. The molecule has 0 aliphatic carbocycles. The summed E-state index contributed by atoms with van der Waals surface area (Å²) in [7, 11) is 5.11. The van der Waals surface area contributed by atoms with Gasteiger partial charge in [0.1, 0.15) is 11.1 Å². The van der Waals surface area contributed by atoms with Crippen LogP contribution in [0, 0.1) is 17.9 Å². The highest BCUT2D eigenvalue weighted by Crippen LogP contribution is 2.38. The zero-order chi connectivity index (χ0) is 17.4. The molecule has 3 rings (SSSR count). The van der Waals surface area contributed by atoms with E-state index in [2.05, 4.69) is 28.1 Å². The first-order valence-corrected chi connectivity index (χ1v) is 7.83. The number of anilines is 1. The van der Waals surface area contributed by atoms with Crippen LogP contribution in [0.5, 0.6) is 0 Å². The lowest BCUT2D eigenvalue weighted by atomic mass is 10.1. The van der Waals surface area contributed by atoms with Crippen LogP contribution in [0.25, 0.3) is 22.3 Å². The van der Waals surface area contributed by atoms with E-state index in [0.29, 0.717) is 16.5 Å². The van der Waals surface area contributed by atoms with E-state index in [1.54, 1.807) is 6.07 Å². The number of fused-ring (bicyclic) bond motifs is 1. The third-order valence-corrected chi connectivity index (χ3v) is 4.22. The summed E-state index contributed by atoms with van der Waals surface area (Å²) in [5.74, 6) is -0.797. The second-order valence-electron chi connectivity index (χ2n) is 5.34. The molecular formula is C18H13BrFNO3. The smallest absolute Gasteiger partial charge is 0.342 e. The Balaban J connectivity index is 2.31. The Morgan fingerprint density at radius 3 is 2.62 bits per heavy atom. The summed E-state index contributed by atoms with van der Waals surface area (Å²) in [6.45, 7) is 0. The molecule has 2 aromatic carbocycles. The molecule has 0 spiro atoms. The van der Waals surface area contributed by atoms with Crippen LogP contribution < -0.4 is 4.90 Å². The van der Waals surface area contributed by atoms with Crippen molar-refractivity contribution >= 4 is 38.6 Å². The van der Waals surface area contributed by atoms with Crippen LogP contribution >= 0.6 is 15.9 Å². The van der Waals surface area contributed by atoms with Gasteiger partial charge in [-0.25, -0.2) is 4.79 Å². The van der Waals surface area contributed by atoms with Crippen molar-refractivity contribution in [2.24, 2.45) is 0 Å². The number of benzene rings is 1. The highest BCUT2D eigenvalue weighted by molar-refractivity contribution is 9.10. The number of carbonyl (C=O) groups is 1. The van der Waals surface area contributed by atoms with Crippen molar-refractivity contribution in [3.05, 3.63) is 52.3 Å². The molecule has 24 heavy (non-hydrogen) atoms. The summed E-state index contributed by atoms with van der Waals surface area (Å²) >= 11 is 3.50. The van der Waals surface area contributed by atoms with Crippen molar-refractivity contribution in [2.45, 2.75) is 0 Å². The lowest BCUT2D eigenvalue weighted by Crippen LogP contribution is -2.09. The predicted octanol–water partition coefficient (Wildman–Crippen LogP) is 4.45. The van der Waals surface area contributed by atoms with Gasteiger partial charge in [-0.2, -0.15) is 4.39 Å². The van der Waals surface area contributed by atoms with Gasteiger partial charge in [0, 0.05) is 30.0 Å². The fourth-order valence-corrected chi connectivity index (χ4v) is 3.14. The van der Waals surface area contributed by atoms with E-state index in [4.69, 9.17) is 9.15 Å². The molecule has 0 aliphatic rings. The molecule has 3 aromatic rings. The van der Waals surface area contributed by atoms with Crippen molar-refractivity contribution in [2.75, 3.05) is 26.1 Å². The number of hydrogen-bond donors (Lipinski definition) is 0. The SMILES string of the molecule is COC(=O)c1c(-c2c#cc(F)cc2)oc2cc(N(C)C)c(Br)cc12. The molecule has 0 N–H and O–H groups in total. The van der Waals surface area contributed by atoms with Gasteiger partial charge < -0.3 is 14.1 Å². The second kappa shape index (κ2) is 6.17. The van der Waals surface area contributed by atoms with E-state index in [1.165, 1.54) is 19.2 Å². The summed E-state index contributed by atoms with van der Waals surface area (Å²) in [5.41, 5.74) is 2.12. The van der Waals surface area contributed by atoms with E-state index in [0.717, 1.165) is 10.2 Å². The van der Waals surface area contributed by atoms with E-state index >= 15 is 0 Å². The number of furan rings is 1. The quantitative estimate of drug-likeness (QED) is 0.620. The maximum absolute atomic E-state index is 13.1. The van der Waals surface area contributed by atoms with E-state index in [9.17, 15) is 9.18 Å². The molecule has 6 heteroatoms. The Morgan fingerprint density at radius 1 is 1.29 bits per heavy atom. The third kappa shape index (κ3) is 2.72. The van der Waals surface area contributed by atoms with Gasteiger partial charge in [0.15, 0.2) is 11.6 Å². The van der Waals surface area contributed by atoms with Crippen molar-refractivity contribution < 1.29 is 18.3 Å². The maximum atomic E-state index is 13.1. The molecule has 122 valence electrons. The zero-order valence-corrected chi connectivity index (χ0v) is 14.8. The summed E-state index contributed by atoms with van der Waals surface area (Å²) in [4.78, 5) is 14.2. The predicted molar refractivity (Wildman–Crippen MR) is 92.6 cm³/mol. The third-order valence-electron chi connectivity index (χ3n) is 3.59. The molecule has 0 radical (unpaired) electrons. The largest absolute Gasteiger partial charge is 0.465 e. The summed E-state index contributed by atoms with van der Waals surface area (Å²) in [6.07, 6.45) is 0. The minimum atomic E-state index is -0.536. The fourth-order valence-electron chi connectivity index (χ4n) is 2.44. The van der Waals surface area contributed by atoms with Crippen LogP contribution in [0.3, 0.4) is 0 Å². The Morgan fingerprint density at radius 2 is 2.04 bits per heavy atom. The zero-order valence-electron chi connectivity index (χ0n) is 13.2. The minimum Gasteiger partial charge on any atom is -0.465 e. The average Bonchev–Trinajstić information content (AvgIpc) is 2.92. The van der Waals surface area contributed by atoms with Crippen molar-refractivity contribution in [3.63, 3.8) is 0 Å². The standard InChI is InChI=1S/C18H13BrFNO3/c1-21(2)14-9-15-12(8-13(14)19)16(18(22)23-3)17(24-15)10-4-6-11(20)7-5-10/h4,6,8-9H,1-3H3. The van der Waals surface area contributed by atoms with Gasteiger partial charge in [-0.15, -0.1) is 0 Å². The highest BCUT2D eigenvalue weighted by Gasteiger charge is 2.24. The monoisotopic (exact) mass is 389 g/mol. The van der Waals surface area contributed by atoms with E-state index in [-0.39, 0.29) is 11.3 Å². The number of hydrogen-bond acceptors (Lipinski definition) is 4. The highest BCUT2D eigenvalue weighted by atomic mass is 79.9. The van der Waals surface area contributed by atoms with Crippen LogP contribution in [-0.4, -0.2) is 27.2 Å². The Bertz CT molecular complexity index is 916. The van der Waals surface area contributed by atoms with Crippen molar-refractivity contribution in [3.8, 4) is 11.3 Å². The number of esters is 1. The molecule has 0 amide bonds. The molecule has 0 saturated carbocycles. The molecule has 0 atom stereocenters. The van der Waals surface area contributed by atoms with Crippen molar-refractivity contribution in [1.82, 2.24) is 0 Å². The molecule has 0 saturated heterocycles. The lowest BCUT2D eigenvalue weighted by molar-refractivity contribution is 0.0603. The van der Waals surface area contributed by atoms with Crippen LogP contribution in [-0.2, 0) is 4.74 Å². The average molecular weight is 390 g/mol. The molecule has 0 fully saturated rings. The minimum absolute atomic E-state index is 0.273. The number of halogens is 2. The van der Waals surface area contributed by atoms with E-state index < -0.39 is 11.8 Å². The van der Waals surface area contributed by atoms with Crippen molar-refractivity contribution in [1.29, 1.82) is 0 Å². The summed E-state index contributed by atoms with van der Waals surface area (Å²) in [6, 6.07) is 11.4. The molecule has 0 unspecified atom stereocenters. The molecule has 4 nitrogen and oxygen atoms in total. The van der Waals surface area contributed by atoms with Crippen LogP contribution in [0.4, 0.5) is 10.1 Å². The number of methoxy groups -OCH3 is 1. The number of ether oxygens (including phenoxy) is 1.